The fourth-order valence-electron chi connectivity index (χ4n) is 3.70. The molecule has 0 saturated carbocycles. The number of likely N-dealkylation sites (tertiary alicyclic amines) is 1. The SMILES string of the molecule is Cn1cc(-c2cccc(CNc3ccc([N+](=O)[O-])c(C(=O)N4CCCC4)c3)c2)cn1. The van der Waals surface area contributed by atoms with Crippen molar-refractivity contribution in [2.24, 2.45) is 7.05 Å². The normalized spacial score (nSPS) is 13.4. The van der Waals surface area contributed by atoms with Crippen LogP contribution in [0.25, 0.3) is 11.1 Å². The molecule has 3 aromatic rings. The number of nitro benzene ring substituents is 1. The van der Waals surface area contributed by atoms with E-state index in [2.05, 4.69) is 16.5 Å². The number of nitrogens with one attached hydrogen (secondary N) is 1. The Labute approximate surface area is 174 Å². The molecule has 0 unspecified atom stereocenters. The molecule has 0 spiro atoms. The molecular formula is C22H23N5O3. The zero-order valence-corrected chi connectivity index (χ0v) is 16.7. The molecule has 30 heavy (non-hydrogen) atoms. The minimum atomic E-state index is -0.496. The van der Waals surface area contributed by atoms with Gasteiger partial charge in [0.2, 0.25) is 0 Å². The fourth-order valence-corrected chi connectivity index (χ4v) is 3.70. The molecule has 0 bridgehead atoms. The first-order chi connectivity index (χ1) is 14.5. The Morgan fingerprint density at radius 2 is 1.97 bits per heavy atom. The maximum absolute atomic E-state index is 12.8. The van der Waals surface area contributed by atoms with E-state index in [1.165, 1.54) is 6.07 Å². The van der Waals surface area contributed by atoms with Gasteiger partial charge >= 0.3 is 0 Å². The van der Waals surface area contributed by atoms with Gasteiger partial charge in [0.15, 0.2) is 0 Å². The third kappa shape index (κ3) is 4.17. The van der Waals surface area contributed by atoms with E-state index >= 15 is 0 Å². The molecule has 0 radical (unpaired) electrons. The Bertz CT molecular complexity index is 1090. The van der Waals surface area contributed by atoms with Crippen LogP contribution in [-0.2, 0) is 13.6 Å². The number of amides is 1. The molecule has 154 valence electrons. The third-order valence-corrected chi connectivity index (χ3v) is 5.28. The summed E-state index contributed by atoms with van der Waals surface area (Å²) in [7, 11) is 1.88. The van der Waals surface area contributed by atoms with Crippen molar-refractivity contribution < 1.29 is 9.72 Å². The topological polar surface area (TPSA) is 93.3 Å². The van der Waals surface area contributed by atoms with Crippen molar-refractivity contribution in [2.75, 3.05) is 18.4 Å². The number of anilines is 1. The molecule has 2 heterocycles. The highest BCUT2D eigenvalue weighted by Gasteiger charge is 2.26. The lowest BCUT2D eigenvalue weighted by Gasteiger charge is -2.16. The number of benzene rings is 2. The summed E-state index contributed by atoms with van der Waals surface area (Å²) in [5.74, 6) is -0.276. The van der Waals surface area contributed by atoms with Gasteiger partial charge in [-0.15, -0.1) is 0 Å². The van der Waals surface area contributed by atoms with E-state index in [9.17, 15) is 14.9 Å². The summed E-state index contributed by atoms with van der Waals surface area (Å²) in [6.45, 7) is 1.83. The number of hydrogen-bond donors (Lipinski definition) is 1. The first kappa shape index (κ1) is 19.6. The van der Waals surface area contributed by atoms with E-state index in [1.54, 1.807) is 21.7 Å². The van der Waals surface area contributed by atoms with Crippen molar-refractivity contribution in [3.8, 4) is 11.1 Å². The predicted molar refractivity (Wildman–Crippen MR) is 114 cm³/mol. The molecule has 0 aliphatic carbocycles. The number of hydrogen-bond acceptors (Lipinski definition) is 5. The molecule has 1 amide bonds. The summed E-state index contributed by atoms with van der Waals surface area (Å²) >= 11 is 0. The Morgan fingerprint density at radius 3 is 2.67 bits per heavy atom. The molecular weight excluding hydrogens is 382 g/mol. The lowest BCUT2D eigenvalue weighted by Crippen LogP contribution is -2.28. The number of rotatable bonds is 6. The van der Waals surface area contributed by atoms with Crippen molar-refractivity contribution in [3.63, 3.8) is 0 Å². The first-order valence-corrected chi connectivity index (χ1v) is 9.91. The summed E-state index contributed by atoms with van der Waals surface area (Å²) in [6, 6.07) is 12.7. The predicted octanol–water partition coefficient (Wildman–Crippen LogP) is 3.84. The summed E-state index contributed by atoms with van der Waals surface area (Å²) < 4.78 is 1.76. The van der Waals surface area contributed by atoms with E-state index in [4.69, 9.17) is 0 Å². The smallest absolute Gasteiger partial charge is 0.282 e. The van der Waals surface area contributed by atoms with Crippen molar-refractivity contribution in [1.82, 2.24) is 14.7 Å². The van der Waals surface area contributed by atoms with Gasteiger partial charge in [-0.25, -0.2) is 0 Å². The Hall–Kier alpha value is -3.68. The summed E-state index contributed by atoms with van der Waals surface area (Å²) in [6.07, 6.45) is 5.65. The molecule has 1 aliphatic heterocycles. The summed E-state index contributed by atoms with van der Waals surface area (Å²) in [4.78, 5) is 25.4. The molecule has 8 nitrogen and oxygen atoms in total. The summed E-state index contributed by atoms with van der Waals surface area (Å²) in [5, 5.41) is 18.9. The van der Waals surface area contributed by atoms with Gasteiger partial charge in [0.25, 0.3) is 11.6 Å². The molecule has 1 N–H and O–H groups in total. The van der Waals surface area contributed by atoms with E-state index in [0.29, 0.717) is 25.3 Å². The average Bonchev–Trinajstić information content (AvgIpc) is 3.44. The Morgan fingerprint density at radius 1 is 1.17 bits per heavy atom. The molecule has 1 aliphatic rings. The highest BCUT2D eigenvalue weighted by atomic mass is 16.6. The number of aryl methyl sites for hydroxylation is 1. The molecule has 4 rings (SSSR count). The van der Waals surface area contributed by atoms with E-state index in [-0.39, 0.29) is 17.2 Å². The number of nitrogens with zero attached hydrogens (tertiary/aromatic N) is 4. The van der Waals surface area contributed by atoms with Crippen molar-refractivity contribution in [2.45, 2.75) is 19.4 Å². The van der Waals surface area contributed by atoms with Crippen LogP contribution in [0.3, 0.4) is 0 Å². The monoisotopic (exact) mass is 405 g/mol. The standard InChI is InChI=1S/C22H23N5O3/c1-25-15-18(14-24-25)17-6-4-5-16(11-17)13-23-19-7-8-21(27(29)30)20(12-19)22(28)26-9-2-3-10-26/h4-8,11-12,14-15,23H,2-3,9-10,13H2,1H3. The quantitative estimate of drug-likeness (QED) is 0.497. The van der Waals surface area contributed by atoms with Crippen LogP contribution >= 0.6 is 0 Å². The highest BCUT2D eigenvalue weighted by Crippen LogP contribution is 2.26. The van der Waals surface area contributed by atoms with Crippen LogP contribution < -0.4 is 5.32 Å². The Balaban J connectivity index is 1.53. The van der Waals surface area contributed by atoms with Crippen LogP contribution in [0.2, 0.25) is 0 Å². The number of nitro groups is 1. The van der Waals surface area contributed by atoms with Gasteiger partial charge in [-0.05, 0) is 42.2 Å². The largest absolute Gasteiger partial charge is 0.381 e. The number of aromatic nitrogens is 2. The van der Waals surface area contributed by atoms with Crippen molar-refractivity contribution in [3.05, 3.63) is 76.1 Å². The van der Waals surface area contributed by atoms with Crippen LogP contribution in [0.4, 0.5) is 11.4 Å². The second kappa shape index (κ2) is 8.36. The van der Waals surface area contributed by atoms with Crippen molar-refractivity contribution >= 4 is 17.3 Å². The zero-order valence-electron chi connectivity index (χ0n) is 16.7. The average molecular weight is 405 g/mol. The molecule has 8 heteroatoms. The maximum Gasteiger partial charge on any atom is 0.282 e. The van der Waals surface area contributed by atoms with Crippen LogP contribution in [0.15, 0.2) is 54.9 Å². The maximum atomic E-state index is 12.8. The number of carbonyl (C=O) groups is 1. The molecule has 1 aromatic heterocycles. The minimum Gasteiger partial charge on any atom is -0.381 e. The van der Waals surface area contributed by atoms with Gasteiger partial charge in [0, 0.05) is 50.2 Å². The van der Waals surface area contributed by atoms with Gasteiger partial charge < -0.3 is 10.2 Å². The van der Waals surface area contributed by atoms with Gasteiger partial charge in [0.1, 0.15) is 5.56 Å². The minimum absolute atomic E-state index is 0.135. The van der Waals surface area contributed by atoms with E-state index < -0.39 is 4.92 Å². The molecule has 2 aromatic carbocycles. The van der Waals surface area contributed by atoms with Crippen LogP contribution in [0.1, 0.15) is 28.8 Å². The number of carbonyl (C=O) groups excluding carboxylic acids is 1. The fraction of sp³-hybridized carbons (Fsp3) is 0.273. The van der Waals surface area contributed by atoms with Gasteiger partial charge in [-0.2, -0.15) is 5.10 Å². The molecule has 1 saturated heterocycles. The lowest BCUT2D eigenvalue weighted by atomic mass is 10.1. The second-order valence-electron chi connectivity index (χ2n) is 7.44. The highest BCUT2D eigenvalue weighted by molar-refractivity contribution is 5.99. The first-order valence-electron chi connectivity index (χ1n) is 9.91. The van der Waals surface area contributed by atoms with Gasteiger partial charge in [-0.3, -0.25) is 19.6 Å². The molecule has 0 atom stereocenters. The van der Waals surface area contributed by atoms with E-state index in [1.807, 2.05) is 37.6 Å². The van der Waals surface area contributed by atoms with Crippen molar-refractivity contribution in [1.29, 1.82) is 0 Å². The third-order valence-electron chi connectivity index (χ3n) is 5.28. The van der Waals surface area contributed by atoms with Gasteiger partial charge in [-0.1, -0.05) is 18.2 Å². The summed E-state index contributed by atoms with van der Waals surface area (Å²) in [5.41, 5.74) is 3.81. The zero-order chi connectivity index (χ0) is 21.1. The van der Waals surface area contributed by atoms with Crippen LogP contribution in [-0.4, -0.2) is 38.6 Å². The second-order valence-corrected chi connectivity index (χ2v) is 7.44. The van der Waals surface area contributed by atoms with Crippen LogP contribution in [0, 0.1) is 10.1 Å². The lowest BCUT2D eigenvalue weighted by molar-refractivity contribution is -0.385. The van der Waals surface area contributed by atoms with Crippen LogP contribution in [0.5, 0.6) is 0 Å². The Kier molecular flexibility index (Phi) is 5.47. The van der Waals surface area contributed by atoms with E-state index in [0.717, 1.165) is 29.5 Å². The van der Waals surface area contributed by atoms with Gasteiger partial charge in [0.05, 0.1) is 11.1 Å². The molecule has 1 fully saturated rings.